The van der Waals surface area contributed by atoms with Gasteiger partial charge in [-0.3, -0.25) is 0 Å². The van der Waals surface area contributed by atoms with E-state index in [9.17, 15) is 5.11 Å². The van der Waals surface area contributed by atoms with E-state index in [1.165, 1.54) is 0 Å². The Kier molecular flexibility index (Phi) is 5.01. The zero-order valence-electron chi connectivity index (χ0n) is 19.3. The number of pyridine rings is 1. The second kappa shape index (κ2) is 7.20. The van der Waals surface area contributed by atoms with Gasteiger partial charge < -0.3 is 14.2 Å². The van der Waals surface area contributed by atoms with Crippen LogP contribution < -0.4 is 4.74 Å². The van der Waals surface area contributed by atoms with Gasteiger partial charge in [0.25, 0.3) is 0 Å². The van der Waals surface area contributed by atoms with E-state index in [-0.39, 0.29) is 10.8 Å². The molecule has 0 radical (unpaired) electrons. The number of halogens is 1. The van der Waals surface area contributed by atoms with Gasteiger partial charge in [0.1, 0.15) is 11.5 Å². The molecule has 0 aliphatic carbocycles. The number of fused-ring (bicyclic) bond motifs is 3. The van der Waals surface area contributed by atoms with Crippen LogP contribution in [0.2, 0.25) is 5.02 Å². The molecule has 0 saturated carbocycles. The zero-order valence-corrected chi connectivity index (χ0v) is 20.1. The summed E-state index contributed by atoms with van der Waals surface area (Å²) in [5.74, 6) is 1.19. The van der Waals surface area contributed by atoms with Crippen molar-refractivity contribution in [3.63, 3.8) is 0 Å². The molecule has 0 aliphatic rings. The van der Waals surface area contributed by atoms with Gasteiger partial charge in [0.15, 0.2) is 0 Å². The average molecular weight is 436 g/mol. The highest BCUT2D eigenvalue weighted by molar-refractivity contribution is 6.31. The third-order valence-corrected chi connectivity index (χ3v) is 6.16. The summed E-state index contributed by atoms with van der Waals surface area (Å²) >= 11 is 6.43. The van der Waals surface area contributed by atoms with Crippen LogP contribution in [0.25, 0.3) is 27.5 Å². The maximum atomic E-state index is 11.2. The minimum Gasteiger partial charge on any atom is -0.507 e. The van der Waals surface area contributed by atoms with Gasteiger partial charge in [-0.05, 0) is 52.8 Å². The molecule has 0 fully saturated rings. The maximum absolute atomic E-state index is 11.2. The van der Waals surface area contributed by atoms with Crippen LogP contribution in [-0.4, -0.2) is 16.6 Å². The number of ether oxygens (including phenoxy) is 1. The fraction of sp³-hybridized carbons (Fsp3) is 0.333. The van der Waals surface area contributed by atoms with Crippen LogP contribution in [0.4, 0.5) is 0 Å². The topological polar surface area (TPSA) is 33.9 Å². The summed E-state index contributed by atoms with van der Waals surface area (Å²) in [6.07, 6.45) is 2.00. The van der Waals surface area contributed by atoms with E-state index >= 15 is 0 Å². The van der Waals surface area contributed by atoms with E-state index in [0.29, 0.717) is 10.8 Å². The van der Waals surface area contributed by atoms with Crippen molar-refractivity contribution in [1.82, 2.24) is 4.40 Å². The van der Waals surface area contributed by atoms with Crippen molar-refractivity contribution in [2.45, 2.75) is 52.4 Å². The van der Waals surface area contributed by atoms with E-state index in [4.69, 9.17) is 16.3 Å². The van der Waals surface area contributed by atoms with Crippen molar-refractivity contribution in [1.29, 1.82) is 0 Å². The number of benzene rings is 2. The molecule has 31 heavy (non-hydrogen) atoms. The molecule has 0 atom stereocenters. The number of phenolic OH excluding ortho intramolecular Hbond substituents is 1. The van der Waals surface area contributed by atoms with E-state index < -0.39 is 0 Å². The van der Waals surface area contributed by atoms with Crippen molar-refractivity contribution in [3.8, 4) is 22.6 Å². The predicted octanol–water partition coefficient (Wildman–Crippen LogP) is 7.72. The first-order valence-electron chi connectivity index (χ1n) is 10.6. The van der Waals surface area contributed by atoms with Crippen molar-refractivity contribution < 1.29 is 9.84 Å². The van der Waals surface area contributed by atoms with Crippen LogP contribution in [0.1, 0.15) is 52.7 Å². The Morgan fingerprint density at radius 1 is 0.871 bits per heavy atom. The van der Waals surface area contributed by atoms with Crippen LogP contribution in [0, 0.1) is 0 Å². The van der Waals surface area contributed by atoms with E-state index in [1.807, 2.05) is 30.5 Å². The third-order valence-electron chi connectivity index (χ3n) is 5.92. The molecule has 2 heterocycles. The number of aromatic hydroxyl groups is 1. The molecule has 4 aromatic rings. The minimum absolute atomic E-state index is 0.215. The van der Waals surface area contributed by atoms with Gasteiger partial charge in [0.05, 0.1) is 23.5 Å². The number of nitrogens with zero attached hydrogens (tertiary/aromatic N) is 1. The smallest absolute Gasteiger partial charge is 0.128 e. The average Bonchev–Trinajstić information content (AvgIpc) is 3.00. The highest BCUT2D eigenvalue weighted by Gasteiger charge is 2.28. The van der Waals surface area contributed by atoms with Gasteiger partial charge in [0.2, 0.25) is 0 Å². The van der Waals surface area contributed by atoms with Crippen LogP contribution >= 0.6 is 11.6 Å². The fourth-order valence-corrected chi connectivity index (χ4v) is 4.52. The normalized spacial score (nSPS) is 12.6. The molecule has 3 nitrogen and oxygen atoms in total. The van der Waals surface area contributed by atoms with E-state index in [1.54, 1.807) is 7.11 Å². The summed E-state index contributed by atoms with van der Waals surface area (Å²) in [4.78, 5) is 0. The Bertz CT molecular complexity index is 1270. The Balaban J connectivity index is 2.22. The molecule has 0 spiro atoms. The zero-order chi connectivity index (χ0) is 22.7. The summed E-state index contributed by atoms with van der Waals surface area (Å²) in [6.45, 7) is 12.8. The Morgan fingerprint density at radius 3 is 2.03 bits per heavy atom. The van der Waals surface area contributed by atoms with E-state index in [2.05, 4.69) is 64.1 Å². The predicted molar refractivity (Wildman–Crippen MR) is 131 cm³/mol. The first kappa shape index (κ1) is 21.6. The summed E-state index contributed by atoms with van der Waals surface area (Å²) in [5.41, 5.74) is 5.61. The molecule has 2 aromatic heterocycles. The van der Waals surface area contributed by atoms with Crippen molar-refractivity contribution in [2.75, 3.05) is 7.11 Å². The van der Waals surface area contributed by atoms with Crippen LogP contribution in [0.3, 0.4) is 0 Å². The summed E-state index contributed by atoms with van der Waals surface area (Å²) in [5, 5.41) is 12.9. The number of rotatable bonds is 2. The SMILES string of the molecule is COc1cccc2c1c(-c1cc(C(C)(C)C)c(O)c(C(C)(C)C)c1)c1cc(Cl)ccn12. The van der Waals surface area contributed by atoms with Crippen LogP contribution in [0.5, 0.6) is 11.5 Å². The number of phenols is 1. The second-order valence-electron chi connectivity index (χ2n) is 10.2. The molecule has 4 rings (SSSR count). The molecule has 0 unspecified atom stereocenters. The summed E-state index contributed by atoms with van der Waals surface area (Å²) in [7, 11) is 1.70. The van der Waals surface area contributed by atoms with Crippen molar-refractivity contribution in [3.05, 3.63) is 64.8 Å². The summed E-state index contributed by atoms with van der Waals surface area (Å²) < 4.78 is 7.92. The van der Waals surface area contributed by atoms with E-state index in [0.717, 1.165) is 44.4 Å². The maximum Gasteiger partial charge on any atom is 0.128 e. The highest BCUT2D eigenvalue weighted by atomic mass is 35.5. The first-order valence-corrected chi connectivity index (χ1v) is 11.0. The highest BCUT2D eigenvalue weighted by Crippen LogP contribution is 2.46. The van der Waals surface area contributed by atoms with Gasteiger partial charge in [0, 0.05) is 27.9 Å². The molecular formula is C27H30ClNO2. The monoisotopic (exact) mass is 435 g/mol. The van der Waals surface area contributed by atoms with Gasteiger partial charge in [-0.1, -0.05) is 59.2 Å². The largest absolute Gasteiger partial charge is 0.507 e. The van der Waals surface area contributed by atoms with Crippen molar-refractivity contribution in [2.24, 2.45) is 0 Å². The number of methoxy groups -OCH3 is 1. The molecule has 4 heteroatoms. The summed E-state index contributed by atoms with van der Waals surface area (Å²) in [6, 6.07) is 14.2. The molecular weight excluding hydrogens is 406 g/mol. The number of aromatic nitrogens is 1. The quantitative estimate of drug-likeness (QED) is 0.349. The minimum atomic E-state index is -0.215. The van der Waals surface area contributed by atoms with Crippen LogP contribution in [-0.2, 0) is 10.8 Å². The third kappa shape index (κ3) is 3.55. The van der Waals surface area contributed by atoms with Crippen LogP contribution in [0.15, 0.2) is 48.7 Å². The Labute approximate surface area is 189 Å². The molecule has 2 aromatic carbocycles. The fourth-order valence-electron chi connectivity index (χ4n) is 4.36. The van der Waals surface area contributed by atoms with Gasteiger partial charge in [-0.15, -0.1) is 0 Å². The first-order chi connectivity index (χ1) is 14.4. The lowest BCUT2D eigenvalue weighted by atomic mass is 9.77. The lowest BCUT2D eigenvalue weighted by molar-refractivity contribution is 0.420. The molecule has 0 bridgehead atoms. The lowest BCUT2D eigenvalue weighted by Gasteiger charge is -2.28. The molecule has 162 valence electrons. The molecule has 0 aliphatic heterocycles. The Hall–Kier alpha value is -2.65. The Morgan fingerprint density at radius 2 is 1.48 bits per heavy atom. The molecule has 1 N–H and O–H groups in total. The lowest BCUT2D eigenvalue weighted by Crippen LogP contribution is -2.17. The van der Waals surface area contributed by atoms with Gasteiger partial charge in [-0.2, -0.15) is 0 Å². The second-order valence-corrected chi connectivity index (χ2v) is 10.7. The van der Waals surface area contributed by atoms with Gasteiger partial charge >= 0.3 is 0 Å². The molecule has 0 saturated heterocycles. The standard InChI is InChI=1S/C27H30ClNO2/c1-26(2,3)18-13-16(14-19(25(18)30)27(4,5)6)23-21-15-17(28)11-12-29(21)20-9-8-10-22(31-7)24(20)23/h8-15,30H,1-7H3. The van der Waals surface area contributed by atoms with Gasteiger partial charge in [-0.25, -0.2) is 0 Å². The number of hydrogen-bond acceptors (Lipinski definition) is 2. The van der Waals surface area contributed by atoms with Crippen molar-refractivity contribution >= 4 is 28.0 Å². The number of hydrogen-bond donors (Lipinski definition) is 1. The molecule has 0 amide bonds.